The fraction of sp³-hybridized carbons (Fsp3) is 1.00. The van der Waals surface area contributed by atoms with E-state index in [0.29, 0.717) is 6.54 Å². The van der Waals surface area contributed by atoms with Crippen LogP contribution in [0.4, 0.5) is 0 Å². The van der Waals surface area contributed by atoms with Crippen molar-refractivity contribution in [3.63, 3.8) is 0 Å². The van der Waals surface area contributed by atoms with Crippen LogP contribution in [0.5, 0.6) is 0 Å². The SMILES string of the molecule is CC(N)CNC1CS(=O)(=O)C1. The lowest BCUT2D eigenvalue weighted by Gasteiger charge is -2.27. The molecular formula is C6H14N2O2S. The summed E-state index contributed by atoms with van der Waals surface area (Å²) in [5.74, 6) is 0.555. The number of sulfone groups is 1. The summed E-state index contributed by atoms with van der Waals surface area (Å²) in [6, 6.07) is 0.240. The lowest BCUT2D eigenvalue weighted by atomic mass is 10.3. The Hall–Kier alpha value is -0.130. The summed E-state index contributed by atoms with van der Waals surface area (Å²) < 4.78 is 21.3. The van der Waals surface area contributed by atoms with Crippen LogP contribution in [-0.2, 0) is 9.84 Å². The molecule has 66 valence electrons. The van der Waals surface area contributed by atoms with Crippen molar-refractivity contribution < 1.29 is 8.42 Å². The zero-order chi connectivity index (χ0) is 8.48. The Labute approximate surface area is 67.1 Å². The van der Waals surface area contributed by atoms with Gasteiger partial charge >= 0.3 is 0 Å². The van der Waals surface area contributed by atoms with Crippen LogP contribution in [-0.4, -0.2) is 38.6 Å². The highest BCUT2D eigenvalue weighted by molar-refractivity contribution is 7.92. The third-order valence-corrected chi connectivity index (χ3v) is 3.46. The maximum Gasteiger partial charge on any atom is 0.153 e. The van der Waals surface area contributed by atoms with Gasteiger partial charge in [0.1, 0.15) is 0 Å². The van der Waals surface area contributed by atoms with E-state index in [4.69, 9.17) is 5.73 Å². The first-order valence-corrected chi connectivity index (χ1v) is 5.51. The molecule has 0 aliphatic carbocycles. The topological polar surface area (TPSA) is 72.2 Å². The third-order valence-electron chi connectivity index (χ3n) is 1.64. The Balaban J connectivity index is 2.14. The number of nitrogens with one attached hydrogen (secondary N) is 1. The first-order chi connectivity index (χ1) is 4.99. The molecule has 1 aliphatic rings. The van der Waals surface area contributed by atoms with Gasteiger partial charge in [0.15, 0.2) is 9.84 Å². The predicted octanol–water partition coefficient (Wildman–Crippen LogP) is -1.28. The van der Waals surface area contributed by atoms with E-state index in [1.54, 1.807) is 0 Å². The van der Waals surface area contributed by atoms with Crippen molar-refractivity contribution in [2.45, 2.75) is 19.0 Å². The van der Waals surface area contributed by atoms with Crippen LogP contribution in [0, 0.1) is 0 Å². The zero-order valence-electron chi connectivity index (χ0n) is 6.58. The molecule has 0 saturated carbocycles. The molecule has 3 N–H and O–H groups in total. The minimum atomic E-state index is -2.68. The Morgan fingerprint density at radius 2 is 2.18 bits per heavy atom. The smallest absolute Gasteiger partial charge is 0.153 e. The summed E-state index contributed by atoms with van der Waals surface area (Å²) in [5, 5.41) is 3.07. The van der Waals surface area contributed by atoms with Crippen molar-refractivity contribution in [2.75, 3.05) is 18.1 Å². The van der Waals surface area contributed by atoms with E-state index in [2.05, 4.69) is 5.32 Å². The molecule has 0 amide bonds. The Morgan fingerprint density at radius 1 is 1.64 bits per heavy atom. The molecule has 1 saturated heterocycles. The predicted molar refractivity (Wildman–Crippen MR) is 44.1 cm³/mol. The highest BCUT2D eigenvalue weighted by Gasteiger charge is 2.32. The van der Waals surface area contributed by atoms with Crippen LogP contribution >= 0.6 is 0 Å². The summed E-state index contributed by atoms with van der Waals surface area (Å²) in [4.78, 5) is 0. The van der Waals surface area contributed by atoms with E-state index in [-0.39, 0.29) is 23.6 Å². The van der Waals surface area contributed by atoms with Gasteiger partial charge < -0.3 is 11.1 Å². The first-order valence-electron chi connectivity index (χ1n) is 3.69. The van der Waals surface area contributed by atoms with Crippen molar-refractivity contribution in [3.05, 3.63) is 0 Å². The Bertz CT molecular complexity index is 211. The average Bonchev–Trinajstić information content (AvgIpc) is 1.78. The molecule has 0 spiro atoms. The summed E-state index contributed by atoms with van der Waals surface area (Å²) in [7, 11) is -2.68. The van der Waals surface area contributed by atoms with Crippen LogP contribution < -0.4 is 11.1 Å². The van der Waals surface area contributed by atoms with Gasteiger partial charge in [-0.2, -0.15) is 0 Å². The van der Waals surface area contributed by atoms with Crippen molar-refractivity contribution in [2.24, 2.45) is 5.73 Å². The average molecular weight is 178 g/mol. The van der Waals surface area contributed by atoms with E-state index in [1.165, 1.54) is 0 Å². The zero-order valence-corrected chi connectivity index (χ0v) is 7.39. The molecule has 0 aromatic heterocycles. The number of nitrogens with two attached hydrogens (primary N) is 1. The van der Waals surface area contributed by atoms with Gasteiger partial charge in [-0.05, 0) is 6.92 Å². The van der Waals surface area contributed by atoms with E-state index >= 15 is 0 Å². The molecule has 1 rings (SSSR count). The molecule has 0 radical (unpaired) electrons. The van der Waals surface area contributed by atoms with Gasteiger partial charge in [-0.25, -0.2) is 8.42 Å². The lowest BCUT2D eigenvalue weighted by Crippen LogP contribution is -2.53. The minimum Gasteiger partial charge on any atom is -0.327 e. The van der Waals surface area contributed by atoms with Gasteiger partial charge in [-0.1, -0.05) is 0 Å². The van der Waals surface area contributed by atoms with Gasteiger partial charge in [-0.3, -0.25) is 0 Å². The second kappa shape index (κ2) is 3.08. The second-order valence-corrected chi connectivity index (χ2v) is 5.31. The van der Waals surface area contributed by atoms with Crippen molar-refractivity contribution >= 4 is 9.84 Å². The summed E-state index contributed by atoms with van der Waals surface area (Å²) in [6.07, 6.45) is 0. The van der Waals surface area contributed by atoms with Crippen LogP contribution in [0.25, 0.3) is 0 Å². The Morgan fingerprint density at radius 3 is 2.55 bits per heavy atom. The molecule has 0 aromatic carbocycles. The molecule has 0 bridgehead atoms. The molecule has 4 nitrogen and oxygen atoms in total. The summed E-state index contributed by atoms with van der Waals surface area (Å²) in [5.41, 5.74) is 5.48. The van der Waals surface area contributed by atoms with Gasteiger partial charge in [0.05, 0.1) is 11.5 Å². The maximum absolute atomic E-state index is 10.7. The van der Waals surface area contributed by atoms with Gasteiger partial charge in [0.2, 0.25) is 0 Å². The van der Waals surface area contributed by atoms with Crippen LogP contribution in [0.15, 0.2) is 0 Å². The molecule has 1 fully saturated rings. The molecule has 5 heteroatoms. The van der Waals surface area contributed by atoms with Gasteiger partial charge in [0.25, 0.3) is 0 Å². The number of hydrogen-bond donors (Lipinski definition) is 2. The quantitative estimate of drug-likeness (QED) is 0.564. The highest BCUT2D eigenvalue weighted by atomic mass is 32.2. The van der Waals surface area contributed by atoms with E-state index < -0.39 is 9.84 Å². The van der Waals surface area contributed by atoms with E-state index in [0.717, 1.165) is 0 Å². The maximum atomic E-state index is 10.7. The lowest BCUT2D eigenvalue weighted by molar-refractivity contribution is 0.495. The highest BCUT2D eigenvalue weighted by Crippen LogP contribution is 2.09. The largest absolute Gasteiger partial charge is 0.327 e. The molecular weight excluding hydrogens is 164 g/mol. The van der Waals surface area contributed by atoms with Crippen molar-refractivity contribution in [1.29, 1.82) is 0 Å². The van der Waals surface area contributed by atoms with Crippen molar-refractivity contribution in [1.82, 2.24) is 5.32 Å². The third kappa shape index (κ3) is 2.76. The summed E-state index contributed by atoms with van der Waals surface area (Å²) in [6.45, 7) is 2.58. The first kappa shape index (κ1) is 8.96. The standard InChI is InChI=1S/C6H14N2O2S/c1-5(7)2-8-6-3-11(9,10)4-6/h5-6,8H,2-4,7H2,1H3. The fourth-order valence-corrected chi connectivity index (χ4v) is 2.40. The molecule has 1 atom stereocenters. The molecule has 1 aliphatic heterocycles. The summed E-state index contributed by atoms with van der Waals surface area (Å²) >= 11 is 0. The van der Waals surface area contributed by atoms with Crippen LogP contribution in [0.3, 0.4) is 0 Å². The normalized spacial score (nSPS) is 26.0. The molecule has 1 heterocycles. The van der Waals surface area contributed by atoms with E-state index in [9.17, 15) is 8.42 Å². The molecule has 0 aromatic rings. The van der Waals surface area contributed by atoms with Gasteiger partial charge in [0, 0.05) is 18.6 Å². The monoisotopic (exact) mass is 178 g/mol. The fourth-order valence-electron chi connectivity index (χ4n) is 1.03. The van der Waals surface area contributed by atoms with Crippen LogP contribution in [0.2, 0.25) is 0 Å². The molecule has 1 unspecified atom stereocenters. The van der Waals surface area contributed by atoms with Crippen molar-refractivity contribution in [3.8, 4) is 0 Å². The second-order valence-electron chi connectivity index (χ2n) is 3.16. The van der Waals surface area contributed by atoms with Crippen LogP contribution in [0.1, 0.15) is 6.92 Å². The molecule has 11 heavy (non-hydrogen) atoms. The minimum absolute atomic E-state index is 0.0957. The number of rotatable bonds is 3. The van der Waals surface area contributed by atoms with Gasteiger partial charge in [-0.15, -0.1) is 0 Å². The Kier molecular flexibility index (Phi) is 2.51. The van der Waals surface area contributed by atoms with E-state index in [1.807, 2.05) is 6.92 Å². The number of hydrogen-bond acceptors (Lipinski definition) is 4.